The van der Waals surface area contributed by atoms with Crippen molar-refractivity contribution in [3.63, 3.8) is 0 Å². The van der Waals surface area contributed by atoms with Gasteiger partial charge < -0.3 is 21.3 Å². The Morgan fingerprint density at radius 1 is 1.15 bits per heavy atom. The minimum absolute atomic E-state index is 0.0468. The average Bonchev–Trinajstić information content (AvgIpc) is 2.73. The summed E-state index contributed by atoms with van der Waals surface area (Å²) in [7, 11) is 2.04. The van der Waals surface area contributed by atoms with Gasteiger partial charge in [-0.25, -0.2) is 0 Å². The molecule has 0 atom stereocenters. The molecule has 4 N–H and O–H groups in total. The second kappa shape index (κ2) is 8.94. The molecule has 0 saturated carbocycles. The Bertz CT molecular complexity index is 1220. The first-order valence-electron chi connectivity index (χ1n) is 9.86. The SMILES string of the molecule is CN1CCc2c(Br)cc(Nc3nnc(C(N)=O)c(Nc4cccc(C(F)(F)F)c4)n3)cc2C1. The molecule has 2 aromatic carbocycles. The number of hydrogen-bond acceptors (Lipinski definition) is 7. The molecule has 1 aliphatic heterocycles. The first-order chi connectivity index (χ1) is 15.6. The summed E-state index contributed by atoms with van der Waals surface area (Å²) < 4.78 is 40.1. The van der Waals surface area contributed by atoms with Gasteiger partial charge in [0.15, 0.2) is 11.5 Å². The van der Waals surface area contributed by atoms with Crippen molar-refractivity contribution in [3.05, 3.63) is 63.3 Å². The van der Waals surface area contributed by atoms with Crippen molar-refractivity contribution < 1.29 is 18.0 Å². The highest BCUT2D eigenvalue weighted by atomic mass is 79.9. The molecule has 0 spiro atoms. The average molecular weight is 522 g/mol. The first kappa shape index (κ1) is 22.9. The summed E-state index contributed by atoms with van der Waals surface area (Å²) >= 11 is 3.60. The fourth-order valence-corrected chi connectivity index (χ4v) is 4.23. The summed E-state index contributed by atoms with van der Waals surface area (Å²) in [6.45, 7) is 1.75. The third-order valence-corrected chi connectivity index (χ3v) is 5.81. The van der Waals surface area contributed by atoms with E-state index in [1.807, 2.05) is 19.2 Å². The van der Waals surface area contributed by atoms with Crippen molar-refractivity contribution in [2.45, 2.75) is 19.1 Å². The Kier molecular flexibility index (Phi) is 6.21. The molecule has 33 heavy (non-hydrogen) atoms. The Labute approximate surface area is 195 Å². The standard InChI is InChI=1S/C21H19BrF3N7O/c1-32-6-5-15-11(10-32)7-14(9-16(15)22)28-20-29-19(17(18(26)33)30-31-20)27-13-4-2-3-12(8-13)21(23,24)25/h2-4,7-9H,5-6,10H2,1H3,(H2,26,33)(H2,27,28,29,31). The number of primary amides is 1. The van der Waals surface area contributed by atoms with Gasteiger partial charge in [-0.1, -0.05) is 22.0 Å². The summed E-state index contributed by atoms with van der Waals surface area (Å²) in [5.74, 6) is -0.989. The lowest BCUT2D eigenvalue weighted by Gasteiger charge is -2.26. The van der Waals surface area contributed by atoms with Crippen LogP contribution in [0.4, 0.5) is 36.3 Å². The number of hydrogen-bond donors (Lipinski definition) is 3. The van der Waals surface area contributed by atoms with Gasteiger partial charge in [-0.3, -0.25) is 4.79 Å². The van der Waals surface area contributed by atoms with Crippen LogP contribution in [0.15, 0.2) is 40.9 Å². The number of alkyl halides is 3. The lowest BCUT2D eigenvalue weighted by molar-refractivity contribution is -0.137. The number of anilines is 4. The minimum Gasteiger partial charge on any atom is -0.364 e. The second-order valence-electron chi connectivity index (χ2n) is 7.61. The monoisotopic (exact) mass is 521 g/mol. The van der Waals surface area contributed by atoms with Crippen molar-refractivity contribution in [2.75, 3.05) is 24.2 Å². The largest absolute Gasteiger partial charge is 0.416 e. The highest BCUT2D eigenvalue weighted by molar-refractivity contribution is 9.10. The van der Waals surface area contributed by atoms with Gasteiger partial charge in [0.05, 0.1) is 5.56 Å². The molecular formula is C21H19BrF3N7O. The highest BCUT2D eigenvalue weighted by Crippen LogP contribution is 2.33. The van der Waals surface area contributed by atoms with E-state index in [-0.39, 0.29) is 23.1 Å². The van der Waals surface area contributed by atoms with Crippen molar-refractivity contribution >= 4 is 45.0 Å². The Hall–Kier alpha value is -3.25. The zero-order valence-corrected chi connectivity index (χ0v) is 19.0. The van der Waals surface area contributed by atoms with Crippen LogP contribution in [0.1, 0.15) is 27.2 Å². The van der Waals surface area contributed by atoms with Gasteiger partial charge in [0.1, 0.15) is 0 Å². The van der Waals surface area contributed by atoms with Crippen LogP contribution in [0.5, 0.6) is 0 Å². The molecule has 0 saturated heterocycles. The van der Waals surface area contributed by atoms with Crippen LogP contribution in [0.3, 0.4) is 0 Å². The first-order valence-corrected chi connectivity index (χ1v) is 10.6. The maximum atomic E-state index is 13.0. The van der Waals surface area contributed by atoms with E-state index in [0.717, 1.165) is 41.7 Å². The van der Waals surface area contributed by atoms with E-state index in [0.29, 0.717) is 5.69 Å². The van der Waals surface area contributed by atoms with Crippen LogP contribution < -0.4 is 16.4 Å². The summed E-state index contributed by atoms with van der Waals surface area (Å²) in [6.07, 6.45) is -3.60. The van der Waals surface area contributed by atoms with Crippen LogP contribution in [0, 0.1) is 0 Å². The second-order valence-corrected chi connectivity index (χ2v) is 8.46. The van der Waals surface area contributed by atoms with Crippen LogP contribution in [-0.4, -0.2) is 39.6 Å². The molecular weight excluding hydrogens is 503 g/mol. The van der Waals surface area contributed by atoms with Crippen molar-refractivity contribution in [3.8, 4) is 0 Å². The van der Waals surface area contributed by atoms with Gasteiger partial charge in [0, 0.05) is 28.9 Å². The number of fused-ring (bicyclic) bond motifs is 1. The van der Waals surface area contributed by atoms with E-state index in [1.165, 1.54) is 17.7 Å². The number of amides is 1. The molecule has 0 unspecified atom stereocenters. The van der Waals surface area contributed by atoms with Gasteiger partial charge >= 0.3 is 6.18 Å². The molecule has 1 aliphatic rings. The molecule has 0 fully saturated rings. The number of rotatable bonds is 5. The smallest absolute Gasteiger partial charge is 0.364 e. The Morgan fingerprint density at radius 3 is 2.67 bits per heavy atom. The predicted molar refractivity (Wildman–Crippen MR) is 121 cm³/mol. The van der Waals surface area contributed by atoms with Crippen molar-refractivity contribution in [1.29, 1.82) is 0 Å². The lowest BCUT2D eigenvalue weighted by Crippen LogP contribution is -2.26. The quantitative estimate of drug-likeness (QED) is 0.460. The van der Waals surface area contributed by atoms with E-state index in [4.69, 9.17) is 5.73 Å². The van der Waals surface area contributed by atoms with E-state index >= 15 is 0 Å². The number of nitrogens with zero attached hydrogens (tertiary/aromatic N) is 4. The number of halogens is 4. The summed E-state index contributed by atoms with van der Waals surface area (Å²) in [4.78, 5) is 18.2. The molecule has 0 radical (unpaired) electrons. The molecule has 0 aliphatic carbocycles. The van der Waals surface area contributed by atoms with Gasteiger partial charge in [0.25, 0.3) is 5.91 Å². The fraction of sp³-hybridized carbons (Fsp3) is 0.238. The normalized spacial score (nSPS) is 14.0. The van der Waals surface area contributed by atoms with E-state index in [2.05, 4.69) is 46.6 Å². The topological polar surface area (TPSA) is 109 Å². The van der Waals surface area contributed by atoms with E-state index in [1.54, 1.807) is 0 Å². The molecule has 1 amide bonds. The van der Waals surface area contributed by atoms with Gasteiger partial charge in [-0.15, -0.1) is 10.2 Å². The molecule has 172 valence electrons. The molecule has 3 aromatic rings. The van der Waals surface area contributed by atoms with Crippen LogP contribution >= 0.6 is 15.9 Å². The van der Waals surface area contributed by atoms with E-state index in [9.17, 15) is 18.0 Å². The zero-order valence-electron chi connectivity index (χ0n) is 17.4. The number of carbonyl (C=O) groups excluding carboxylic acids is 1. The predicted octanol–water partition coefficient (Wildman–Crippen LogP) is 4.23. The van der Waals surface area contributed by atoms with Crippen LogP contribution in [0.2, 0.25) is 0 Å². The molecule has 12 heteroatoms. The highest BCUT2D eigenvalue weighted by Gasteiger charge is 2.30. The molecule has 8 nitrogen and oxygen atoms in total. The fourth-order valence-electron chi connectivity index (χ4n) is 3.53. The van der Waals surface area contributed by atoms with Gasteiger partial charge in [-0.2, -0.15) is 18.2 Å². The number of likely N-dealkylation sites (N-methyl/N-ethyl adjacent to an activating group) is 1. The van der Waals surface area contributed by atoms with Crippen LogP contribution in [0.25, 0.3) is 0 Å². The number of carbonyl (C=O) groups is 1. The number of benzene rings is 2. The summed E-state index contributed by atoms with van der Waals surface area (Å²) in [6, 6.07) is 8.35. The van der Waals surface area contributed by atoms with Gasteiger partial charge in [0.2, 0.25) is 5.95 Å². The number of nitrogens with two attached hydrogens (primary N) is 1. The van der Waals surface area contributed by atoms with Gasteiger partial charge in [-0.05, 0) is 54.9 Å². The third-order valence-electron chi connectivity index (χ3n) is 5.10. The number of aromatic nitrogens is 3. The van der Waals surface area contributed by atoms with Crippen LogP contribution in [-0.2, 0) is 19.1 Å². The number of nitrogens with one attached hydrogen (secondary N) is 2. The maximum absolute atomic E-state index is 13.0. The van der Waals surface area contributed by atoms with Crippen molar-refractivity contribution in [1.82, 2.24) is 20.1 Å². The molecule has 0 bridgehead atoms. The lowest BCUT2D eigenvalue weighted by atomic mass is 9.99. The van der Waals surface area contributed by atoms with Crippen molar-refractivity contribution in [2.24, 2.45) is 5.73 Å². The van der Waals surface area contributed by atoms with E-state index < -0.39 is 17.6 Å². The summed E-state index contributed by atoms with van der Waals surface area (Å²) in [5, 5.41) is 13.4. The summed E-state index contributed by atoms with van der Waals surface area (Å²) in [5.41, 5.74) is 7.33. The molecule has 2 heterocycles. The Balaban J connectivity index is 1.64. The Morgan fingerprint density at radius 2 is 1.94 bits per heavy atom. The maximum Gasteiger partial charge on any atom is 0.416 e. The third kappa shape index (κ3) is 5.22. The molecule has 1 aromatic heterocycles. The molecule has 4 rings (SSSR count). The minimum atomic E-state index is -4.52. The zero-order chi connectivity index (χ0) is 23.8.